The van der Waals surface area contributed by atoms with Crippen molar-refractivity contribution >= 4 is 0 Å². The third-order valence-corrected chi connectivity index (χ3v) is 3.43. The Labute approximate surface area is 81.7 Å². The van der Waals surface area contributed by atoms with Crippen LogP contribution < -0.4 is 5.32 Å². The monoisotopic (exact) mass is 185 g/mol. The van der Waals surface area contributed by atoms with Crippen molar-refractivity contribution in [2.75, 3.05) is 13.1 Å². The fourth-order valence-electron chi connectivity index (χ4n) is 1.71. The second kappa shape index (κ2) is 4.97. The average molecular weight is 185 g/mol. The molecule has 0 amide bonds. The second-order valence-electron chi connectivity index (χ2n) is 4.36. The molecule has 1 aliphatic rings. The van der Waals surface area contributed by atoms with Gasteiger partial charge in [-0.05, 0) is 38.1 Å². The molecule has 0 aliphatic heterocycles. The Hall–Kier alpha value is -0.0800. The van der Waals surface area contributed by atoms with Crippen molar-refractivity contribution in [3.05, 3.63) is 0 Å². The molecule has 0 atom stereocenters. The molecule has 1 fully saturated rings. The van der Waals surface area contributed by atoms with Gasteiger partial charge in [0.1, 0.15) is 0 Å². The van der Waals surface area contributed by atoms with Gasteiger partial charge in [-0.3, -0.25) is 0 Å². The molecule has 2 N–H and O–H groups in total. The number of aliphatic hydroxyl groups is 1. The lowest BCUT2D eigenvalue weighted by Gasteiger charge is -2.29. The van der Waals surface area contributed by atoms with Crippen LogP contribution in [0.5, 0.6) is 0 Å². The summed E-state index contributed by atoms with van der Waals surface area (Å²) in [6.45, 7) is 5.96. The quantitative estimate of drug-likeness (QED) is 0.662. The van der Waals surface area contributed by atoms with E-state index in [1.165, 1.54) is 19.3 Å². The highest BCUT2D eigenvalue weighted by Gasteiger charge is 2.23. The lowest BCUT2D eigenvalue weighted by molar-refractivity contribution is 0.0309. The minimum Gasteiger partial charge on any atom is -0.389 e. The van der Waals surface area contributed by atoms with Crippen molar-refractivity contribution in [2.24, 2.45) is 5.92 Å². The number of hydrogen-bond acceptors (Lipinski definition) is 2. The number of rotatable bonds is 6. The Kier molecular flexibility index (Phi) is 4.20. The summed E-state index contributed by atoms with van der Waals surface area (Å²) in [5, 5.41) is 13.3. The third kappa shape index (κ3) is 3.28. The number of hydrogen-bond donors (Lipinski definition) is 2. The maximum atomic E-state index is 9.97. The van der Waals surface area contributed by atoms with Crippen LogP contribution >= 0.6 is 0 Å². The predicted octanol–water partition coefficient (Wildman–Crippen LogP) is 1.93. The zero-order valence-electron chi connectivity index (χ0n) is 8.97. The van der Waals surface area contributed by atoms with E-state index in [0.29, 0.717) is 0 Å². The largest absolute Gasteiger partial charge is 0.389 e. The standard InChI is InChI=1S/C11H23NO/c1-3-11(13,4-2)9-12-8-10-6-5-7-10/h10,12-13H,3-9H2,1-2H3. The van der Waals surface area contributed by atoms with Gasteiger partial charge in [0.2, 0.25) is 0 Å². The number of nitrogens with one attached hydrogen (secondary N) is 1. The molecular formula is C11H23NO. The van der Waals surface area contributed by atoms with E-state index in [1.807, 2.05) is 0 Å². The van der Waals surface area contributed by atoms with Crippen LogP contribution in [0.2, 0.25) is 0 Å². The molecule has 0 aromatic heterocycles. The molecule has 1 saturated carbocycles. The molecule has 1 rings (SSSR count). The molecule has 0 spiro atoms. The van der Waals surface area contributed by atoms with Gasteiger partial charge in [-0.2, -0.15) is 0 Å². The lowest BCUT2D eigenvalue weighted by Crippen LogP contribution is -2.41. The molecule has 0 saturated heterocycles. The maximum Gasteiger partial charge on any atom is 0.0766 e. The highest BCUT2D eigenvalue weighted by atomic mass is 16.3. The third-order valence-electron chi connectivity index (χ3n) is 3.43. The Balaban J connectivity index is 2.08. The Bertz CT molecular complexity index is 139. The van der Waals surface area contributed by atoms with Crippen LogP contribution in [-0.4, -0.2) is 23.8 Å². The zero-order chi connectivity index (χ0) is 9.73. The molecule has 13 heavy (non-hydrogen) atoms. The molecule has 0 heterocycles. The van der Waals surface area contributed by atoms with Gasteiger partial charge in [0.15, 0.2) is 0 Å². The summed E-state index contributed by atoms with van der Waals surface area (Å²) in [5.74, 6) is 0.887. The van der Waals surface area contributed by atoms with Crippen LogP contribution in [-0.2, 0) is 0 Å². The van der Waals surface area contributed by atoms with Gasteiger partial charge < -0.3 is 10.4 Å². The molecule has 0 aromatic rings. The van der Waals surface area contributed by atoms with Crippen molar-refractivity contribution < 1.29 is 5.11 Å². The molecule has 2 nitrogen and oxygen atoms in total. The fourth-order valence-corrected chi connectivity index (χ4v) is 1.71. The van der Waals surface area contributed by atoms with Gasteiger partial charge in [0.05, 0.1) is 5.60 Å². The van der Waals surface area contributed by atoms with E-state index in [-0.39, 0.29) is 0 Å². The summed E-state index contributed by atoms with van der Waals surface area (Å²) in [4.78, 5) is 0. The summed E-state index contributed by atoms with van der Waals surface area (Å²) in [7, 11) is 0. The normalized spacial score (nSPS) is 18.7. The Morgan fingerprint density at radius 2 is 1.92 bits per heavy atom. The Morgan fingerprint density at radius 1 is 1.31 bits per heavy atom. The topological polar surface area (TPSA) is 32.3 Å². The van der Waals surface area contributed by atoms with Crippen LogP contribution in [0.15, 0.2) is 0 Å². The SMILES string of the molecule is CCC(O)(CC)CNCC1CCC1. The maximum absolute atomic E-state index is 9.97. The van der Waals surface area contributed by atoms with Crippen molar-refractivity contribution in [1.29, 1.82) is 0 Å². The van der Waals surface area contributed by atoms with E-state index in [0.717, 1.165) is 31.8 Å². The van der Waals surface area contributed by atoms with E-state index in [4.69, 9.17) is 0 Å². The van der Waals surface area contributed by atoms with Crippen molar-refractivity contribution in [3.8, 4) is 0 Å². The van der Waals surface area contributed by atoms with Gasteiger partial charge in [0.25, 0.3) is 0 Å². The summed E-state index contributed by atoms with van der Waals surface area (Å²) >= 11 is 0. The second-order valence-corrected chi connectivity index (χ2v) is 4.36. The van der Waals surface area contributed by atoms with Crippen LogP contribution in [0.25, 0.3) is 0 Å². The molecule has 0 unspecified atom stereocenters. The van der Waals surface area contributed by atoms with E-state index < -0.39 is 5.60 Å². The van der Waals surface area contributed by atoms with Gasteiger partial charge in [-0.1, -0.05) is 20.3 Å². The van der Waals surface area contributed by atoms with Gasteiger partial charge in [-0.25, -0.2) is 0 Å². The molecule has 2 heteroatoms. The summed E-state index contributed by atoms with van der Waals surface area (Å²) in [5.41, 5.74) is -0.469. The molecule has 0 bridgehead atoms. The molecular weight excluding hydrogens is 162 g/mol. The van der Waals surface area contributed by atoms with E-state index in [2.05, 4.69) is 19.2 Å². The smallest absolute Gasteiger partial charge is 0.0766 e. The van der Waals surface area contributed by atoms with Gasteiger partial charge in [0, 0.05) is 6.54 Å². The summed E-state index contributed by atoms with van der Waals surface area (Å²) in [6, 6.07) is 0. The fraction of sp³-hybridized carbons (Fsp3) is 1.00. The first kappa shape index (κ1) is 11.0. The van der Waals surface area contributed by atoms with Gasteiger partial charge >= 0.3 is 0 Å². The van der Waals surface area contributed by atoms with Crippen LogP contribution in [0, 0.1) is 5.92 Å². The highest BCUT2D eigenvalue weighted by Crippen LogP contribution is 2.25. The van der Waals surface area contributed by atoms with Crippen LogP contribution in [0.1, 0.15) is 46.0 Å². The van der Waals surface area contributed by atoms with Crippen LogP contribution in [0.4, 0.5) is 0 Å². The molecule has 0 aromatic carbocycles. The first-order chi connectivity index (χ1) is 6.20. The van der Waals surface area contributed by atoms with Gasteiger partial charge in [-0.15, -0.1) is 0 Å². The predicted molar refractivity (Wildman–Crippen MR) is 55.7 cm³/mol. The van der Waals surface area contributed by atoms with E-state index >= 15 is 0 Å². The highest BCUT2D eigenvalue weighted by molar-refractivity contribution is 4.79. The van der Waals surface area contributed by atoms with Crippen molar-refractivity contribution in [2.45, 2.75) is 51.6 Å². The summed E-state index contributed by atoms with van der Waals surface area (Å²) in [6.07, 6.45) is 5.86. The lowest BCUT2D eigenvalue weighted by atomic mass is 9.85. The molecule has 1 aliphatic carbocycles. The van der Waals surface area contributed by atoms with Crippen molar-refractivity contribution in [1.82, 2.24) is 5.32 Å². The minimum absolute atomic E-state index is 0.469. The zero-order valence-corrected chi connectivity index (χ0v) is 8.97. The summed E-state index contributed by atoms with van der Waals surface area (Å²) < 4.78 is 0. The Morgan fingerprint density at radius 3 is 2.31 bits per heavy atom. The minimum atomic E-state index is -0.469. The van der Waals surface area contributed by atoms with E-state index in [1.54, 1.807) is 0 Å². The van der Waals surface area contributed by atoms with E-state index in [9.17, 15) is 5.11 Å². The van der Waals surface area contributed by atoms with Crippen molar-refractivity contribution in [3.63, 3.8) is 0 Å². The van der Waals surface area contributed by atoms with Crippen LogP contribution in [0.3, 0.4) is 0 Å². The first-order valence-corrected chi connectivity index (χ1v) is 5.63. The first-order valence-electron chi connectivity index (χ1n) is 5.63. The molecule has 78 valence electrons. The molecule has 0 radical (unpaired) electrons. The average Bonchev–Trinajstić information content (AvgIpc) is 2.09.